The van der Waals surface area contributed by atoms with Crippen molar-refractivity contribution in [2.45, 2.75) is 20.0 Å². The van der Waals surface area contributed by atoms with E-state index in [1.165, 1.54) is 6.92 Å². The molecule has 0 saturated carbocycles. The second-order valence-corrected chi connectivity index (χ2v) is 4.89. The number of aliphatic hydroxyl groups is 1. The third-order valence-electron chi connectivity index (χ3n) is 3.18. The van der Waals surface area contributed by atoms with Crippen LogP contribution in [0.1, 0.15) is 28.4 Å². The molecule has 1 N–H and O–H groups in total. The van der Waals surface area contributed by atoms with E-state index in [1.807, 2.05) is 0 Å². The molecule has 0 amide bonds. The van der Waals surface area contributed by atoms with Gasteiger partial charge in [0.2, 0.25) is 0 Å². The second-order valence-electron chi connectivity index (χ2n) is 4.48. The maximum Gasteiger partial charge on any atom is 0.129 e. The van der Waals surface area contributed by atoms with Gasteiger partial charge in [-0.05, 0) is 48.7 Å². The quantitative estimate of drug-likeness (QED) is 0.870. The zero-order chi connectivity index (χ0) is 14.2. The Morgan fingerprint density at radius 1 is 1.05 bits per heavy atom. The summed E-state index contributed by atoms with van der Waals surface area (Å²) < 4.78 is 27.4. The predicted molar refractivity (Wildman–Crippen MR) is 71.3 cm³/mol. The maximum atomic E-state index is 13.8. The normalized spacial score (nSPS) is 12.5. The summed E-state index contributed by atoms with van der Waals surface area (Å²) in [6.07, 6.45) is -1.24. The van der Waals surface area contributed by atoms with Crippen LogP contribution >= 0.6 is 11.6 Å². The number of rotatable bonds is 2. The lowest BCUT2D eigenvalue weighted by Gasteiger charge is -2.16. The van der Waals surface area contributed by atoms with Gasteiger partial charge in [-0.15, -0.1) is 0 Å². The lowest BCUT2D eigenvalue weighted by molar-refractivity contribution is 0.213. The summed E-state index contributed by atoms with van der Waals surface area (Å²) in [5.41, 5.74) is 1.23. The van der Waals surface area contributed by atoms with Crippen molar-refractivity contribution in [3.05, 3.63) is 69.2 Å². The van der Waals surface area contributed by atoms with Crippen molar-refractivity contribution in [2.75, 3.05) is 0 Å². The molecule has 100 valence electrons. The molecule has 1 nitrogen and oxygen atoms in total. The summed E-state index contributed by atoms with van der Waals surface area (Å²) in [5.74, 6) is -1.18. The number of hydrogen-bond acceptors (Lipinski definition) is 1. The summed E-state index contributed by atoms with van der Waals surface area (Å²) >= 11 is 5.96. The van der Waals surface area contributed by atoms with Crippen molar-refractivity contribution in [3.63, 3.8) is 0 Å². The molecule has 19 heavy (non-hydrogen) atoms. The number of hydrogen-bond donors (Lipinski definition) is 1. The van der Waals surface area contributed by atoms with Crippen LogP contribution in [0.2, 0.25) is 5.02 Å². The van der Waals surface area contributed by atoms with Gasteiger partial charge in [-0.3, -0.25) is 0 Å². The molecule has 0 spiro atoms. The van der Waals surface area contributed by atoms with E-state index in [2.05, 4.69) is 0 Å². The number of aliphatic hydroxyl groups excluding tert-OH is 1. The zero-order valence-corrected chi connectivity index (χ0v) is 11.3. The van der Waals surface area contributed by atoms with Crippen LogP contribution in [0.25, 0.3) is 0 Å². The fraction of sp³-hybridized carbons (Fsp3) is 0.200. The van der Waals surface area contributed by atoms with Crippen LogP contribution in [0.3, 0.4) is 0 Å². The molecular weight excluding hydrogens is 270 g/mol. The number of benzene rings is 2. The molecule has 0 radical (unpaired) electrons. The Labute approximate surface area is 115 Å². The molecule has 0 heterocycles. The minimum atomic E-state index is -1.24. The van der Waals surface area contributed by atoms with Gasteiger partial charge < -0.3 is 5.11 Å². The number of aryl methyl sites for hydroxylation is 1. The van der Waals surface area contributed by atoms with Crippen molar-refractivity contribution >= 4 is 11.6 Å². The standard InChI is InChI=1S/C15H13ClF2O/c1-8-6-14(18)11(7-13(8)17)15(19)10-4-3-5-12(16)9(10)2/h3-7,15,19H,1-2H3. The van der Waals surface area contributed by atoms with Crippen LogP contribution in [0, 0.1) is 25.5 Å². The average Bonchev–Trinajstić information content (AvgIpc) is 2.36. The summed E-state index contributed by atoms with van der Waals surface area (Å²) in [6, 6.07) is 7.09. The third-order valence-corrected chi connectivity index (χ3v) is 3.59. The highest BCUT2D eigenvalue weighted by molar-refractivity contribution is 6.31. The molecule has 0 fully saturated rings. The topological polar surface area (TPSA) is 20.2 Å². The van der Waals surface area contributed by atoms with Gasteiger partial charge in [0.05, 0.1) is 0 Å². The largest absolute Gasteiger partial charge is 0.384 e. The van der Waals surface area contributed by atoms with Gasteiger partial charge in [0.25, 0.3) is 0 Å². The first-order chi connectivity index (χ1) is 8.91. The fourth-order valence-corrected chi connectivity index (χ4v) is 2.14. The molecule has 2 aromatic rings. The Morgan fingerprint density at radius 2 is 1.74 bits per heavy atom. The predicted octanol–water partition coefficient (Wildman–Crippen LogP) is 4.32. The highest BCUT2D eigenvalue weighted by Crippen LogP contribution is 2.30. The highest BCUT2D eigenvalue weighted by Gasteiger charge is 2.19. The van der Waals surface area contributed by atoms with Gasteiger partial charge >= 0.3 is 0 Å². The van der Waals surface area contributed by atoms with Crippen molar-refractivity contribution in [3.8, 4) is 0 Å². The first-order valence-corrected chi connectivity index (χ1v) is 6.18. The molecule has 0 aromatic heterocycles. The molecular formula is C15H13ClF2O. The van der Waals surface area contributed by atoms with E-state index in [0.717, 1.165) is 12.1 Å². The third kappa shape index (κ3) is 2.62. The Hall–Kier alpha value is -1.45. The molecule has 0 bridgehead atoms. The minimum Gasteiger partial charge on any atom is -0.384 e. The summed E-state index contributed by atoms with van der Waals surface area (Å²) in [5, 5.41) is 10.7. The van der Waals surface area contributed by atoms with Crippen LogP contribution < -0.4 is 0 Å². The lowest BCUT2D eigenvalue weighted by atomic mass is 9.96. The van der Waals surface area contributed by atoms with E-state index >= 15 is 0 Å². The molecule has 4 heteroatoms. The minimum absolute atomic E-state index is 0.0894. The Morgan fingerprint density at radius 3 is 2.42 bits per heavy atom. The van der Waals surface area contributed by atoms with Crippen LogP contribution in [0.15, 0.2) is 30.3 Å². The first-order valence-electron chi connectivity index (χ1n) is 5.80. The van der Waals surface area contributed by atoms with E-state index in [9.17, 15) is 13.9 Å². The van der Waals surface area contributed by atoms with Gasteiger partial charge in [-0.1, -0.05) is 23.7 Å². The maximum absolute atomic E-state index is 13.8. The van der Waals surface area contributed by atoms with Gasteiger partial charge in [-0.2, -0.15) is 0 Å². The Kier molecular flexibility index (Phi) is 3.88. The first kappa shape index (κ1) is 14.0. The van der Waals surface area contributed by atoms with Crippen molar-refractivity contribution in [1.82, 2.24) is 0 Å². The molecule has 2 aromatic carbocycles. The van der Waals surface area contributed by atoms with Gasteiger partial charge in [0.1, 0.15) is 17.7 Å². The van der Waals surface area contributed by atoms with Gasteiger partial charge in [0, 0.05) is 10.6 Å². The van der Waals surface area contributed by atoms with E-state index in [1.54, 1.807) is 25.1 Å². The molecule has 2 rings (SSSR count). The molecule has 0 aliphatic rings. The SMILES string of the molecule is Cc1cc(F)c(C(O)c2cccc(Cl)c2C)cc1F. The van der Waals surface area contributed by atoms with E-state index in [4.69, 9.17) is 11.6 Å². The monoisotopic (exact) mass is 282 g/mol. The van der Waals surface area contributed by atoms with Crippen molar-refractivity contribution in [2.24, 2.45) is 0 Å². The van der Waals surface area contributed by atoms with Crippen LogP contribution in [-0.2, 0) is 0 Å². The summed E-state index contributed by atoms with van der Waals surface area (Å²) in [7, 11) is 0. The Bertz CT molecular complexity index is 626. The van der Waals surface area contributed by atoms with Crippen LogP contribution in [0.4, 0.5) is 8.78 Å². The molecule has 1 atom stereocenters. The molecule has 0 aliphatic carbocycles. The van der Waals surface area contributed by atoms with Crippen LogP contribution in [0.5, 0.6) is 0 Å². The molecule has 1 unspecified atom stereocenters. The number of halogens is 3. The second kappa shape index (κ2) is 5.27. The van der Waals surface area contributed by atoms with Crippen molar-refractivity contribution in [1.29, 1.82) is 0 Å². The average molecular weight is 283 g/mol. The fourth-order valence-electron chi connectivity index (χ4n) is 1.96. The molecule has 0 aliphatic heterocycles. The highest BCUT2D eigenvalue weighted by atomic mass is 35.5. The Balaban J connectivity index is 2.53. The zero-order valence-electron chi connectivity index (χ0n) is 10.5. The lowest BCUT2D eigenvalue weighted by Crippen LogP contribution is -2.06. The smallest absolute Gasteiger partial charge is 0.129 e. The van der Waals surface area contributed by atoms with E-state index < -0.39 is 17.7 Å². The molecule has 0 saturated heterocycles. The van der Waals surface area contributed by atoms with Gasteiger partial charge in [-0.25, -0.2) is 8.78 Å². The van der Waals surface area contributed by atoms with Crippen molar-refractivity contribution < 1.29 is 13.9 Å². The summed E-state index contributed by atoms with van der Waals surface area (Å²) in [4.78, 5) is 0. The van der Waals surface area contributed by atoms with E-state index in [-0.39, 0.29) is 11.1 Å². The van der Waals surface area contributed by atoms with Gasteiger partial charge in [0.15, 0.2) is 0 Å². The summed E-state index contributed by atoms with van der Waals surface area (Å²) in [6.45, 7) is 3.20. The van der Waals surface area contributed by atoms with E-state index in [0.29, 0.717) is 16.1 Å². The van der Waals surface area contributed by atoms with Crippen LogP contribution in [-0.4, -0.2) is 5.11 Å².